The van der Waals surface area contributed by atoms with Crippen LogP contribution in [-0.2, 0) is 7.05 Å². The SMILES string of the molecule is Cn1nc(C2CCNCC2)nc1NC(=O)c1csc(-c2ccccc2F)n1. The molecule has 140 valence electrons. The maximum absolute atomic E-state index is 13.9. The lowest BCUT2D eigenvalue weighted by molar-refractivity contribution is 0.102. The van der Waals surface area contributed by atoms with Crippen molar-refractivity contribution in [3.05, 3.63) is 47.0 Å². The molecule has 0 atom stereocenters. The molecule has 3 aromatic rings. The van der Waals surface area contributed by atoms with E-state index in [0.717, 1.165) is 31.8 Å². The molecule has 2 aromatic heterocycles. The number of piperidine rings is 1. The average molecular weight is 386 g/mol. The summed E-state index contributed by atoms with van der Waals surface area (Å²) in [6.45, 7) is 1.89. The fourth-order valence-corrected chi connectivity index (χ4v) is 3.89. The number of rotatable bonds is 4. The normalized spacial score (nSPS) is 15.0. The van der Waals surface area contributed by atoms with E-state index in [1.807, 2.05) is 0 Å². The van der Waals surface area contributed by atoms with Gasteiger partial charge in [0.2, 0.25) is 5.95 Å². The Bertz CT molecular complexity index is 962. The van der Waals surface area contributed by atoms with Gasteiger partial charge in [-0.15, -0.1) is 11.3 Å². The number of hydrogen-bond donors (Lipinski definition) is 2. The molecule has 0 saturated carbocycles. The number of thiazole rings is 1. The zero-order chi connectivity index (χ0) is 18.8. The Labute approximate surface area is 159 Å². The monoisotopic (exact) mass is 386 g/mol. The van der Waals surface area contributed by atoms with Crippen LogP contribution >= 0.6 is 11.3 Å². The first-order valence-corrected chi connectivity index (χ1v) is 9.63. The second-order valence-corrected chi connectivity index (χ2v) is 7.27. The van der Waals surface area contributed by atoms with Crippen LogP contribution in [0.5, 0.6) is 0 Å². The molecule has 2 N–H and O–H groups in total. The van der Waals surface area contributed by atoms with E-state index >= 15 is 0 Å². The Morgan fingerprint density at radius 3 is 2.85 bits per heavy atom. The van der Waals surface area contributed by atoms with Crippen molar-refractivity contribution < 1.29 is 9.18 Å². The van der Waals surface area contributed by atoms with E-state index in [9.17, 15) is 9.18 Å². The van der Waals surface area contributed by atoms with Crippen LogP contribution in [-0.4, -0.2) is 38.7 Å². The molecular formula is C18H19FN6OS. The van der Waals surface area contributed by atoms with Crippen LogP contribution in [0.2, 0.25) is 0 Å². The van der Waals surface area contributed by atoms with Gasteiger partial charge in [-0.25, -0.2) is 14.1 Å². The van der Waals surface area contributed by atoms with Gasteiger partial charge in [0.05, 0.1) is 0 Å². The molecular weight excluding hydrogens is 367 g/mol. The molecule has 0 aliphatic carbocycles. The number of nitrogens with one attached hydrogen (secondary N) is 2. The zero-order valence-electron chi connectivity index (χ0n) is 14.8. The molecule has 7 nitrogen and oxygen atoms in total. The lowest BCUT2D eigenvalue weighted by Gasteiger charge is -2.19. The van der Waals surface area contributed by atoms with E-state index in [2.05, 4.69) is 25.7 Å². The summed E-state index contributed by atoms with van der Waals surface area (Å²) in [7, 11) is 1.75. The third-order valence-corrected chi connectivity index (χ3v) is 5.43. The smallest absolute Gasteiger partial charge is 0.277 e. The molecule has 9 heteroatoms. The zero-order valence-corrected chi connectivity index (χ0v) is 15.6. The lowest BCUT2D eigenvalue weighted by atomic mass is 9.98. The van der Waals surface area contributed by atoms with E-state index in [-0.39, 0.29) is 17.4 Å². The molecule has 3 heterocycles. The topological polar surface area (TPSA) is 84.7 Å². The summed E-state index contributed by atoms with van der Waals surface area (Å²) >= 11 is 1.23. The van der Waals surface area contributed by atoms with Crippen LogP contribution in [0.3, 0.4) is 0 Å². The lowest BCUT2D eigenvalue weighted by Crippen LogP contribution is -2.27. The summed E-state index contributed by atoms with van der Waals surface area (Å²) in [6, 6.07) is 6.37. The number of halogens is 1. The maximum Gasteiger partial charge on any atom is 0.277 e. The van der Waals surface area contributed by atoms with E-state index in [1.54, 1.807) is 35.3 Å². The maximum atomic E-state index is 13.9. The van der Waals surface area contributed by atoms with Crippen molar-refractivity contribution in [1.29, 1.82) is 0 Å². The Morgan fingerprint density at radius 2 is 2.07 bits per heavy atom. The van der Waals surface area contributed by atoms with E-state index in [4.69, 9.17) is 0 Å². The molecule has 1 aromatic carbocycles. The van der Waals surface area contributed by atoms with Gasteiger partial charge in [0, 0.05) is 23.9 Å². The summed E-state index contributed by atoms with van der Waals surface area (Å²) in [5, 5.41) is 12.6. The minimum Gasteiger partial charge on any atom is -0.317 e. The minimum absolute atomic E-state index is 0.227. The Balaban J connectivity index is 1.50. The van der Waals surface area contributed by atoms with Crippen molar-refractivity contribution in [2.45, 2.75) is 18.8 Å². The van der Waals surface area contributed by atoms with Gasteiger partial charge in [0.15, 0.2) is 5.82 Å². The fourth-order valence-electron chi connectivity index (χ4n) is 3.07. The number of aromatic nitrogens is 4. The van der Waals surface area contributed by atoms with Crippen LogP contribution in [0.1, 0.15) is 35.1 Å². The Kier molecular flexibility index (Phi) is 4.95. The van der Waals surface area contributed by atoms with Crippen molar-refractivity contribution in [1.82, 2.24) is 25.1 Å². The highest BCUT2D eigenvalue weighted by Crippen LogP contribution is 2.27. The van der Waals surface area contributed by atoms with Gasteiger partial charge in [0.25, 0.3) is 5.91 Å². The Hall–Kier alpha value is -2.65. The van der Waals surface area contributed by atoms with Gasteiger partial charge in [-0.2, -0.15) is 10.1 Å². The van der Waals surface area contributed by atoms with Gasteiger partial charge in [0.1, 0.15) is 16.5 Å². The molecule has 1 amide bonds. The summed E-state index contributed by atoms with van der Waals surface area (Å²) in [5.41, 5.74) is 0.609. The molecule has 1 aliphatic heterocycles. The molecule has 0 unspecified atom stereocenters. The van der Waals surface area contributed by atoms with Gasteiger partial charge >= 0.3 is 0 Å². The van der Waals surface area contributed by atoms with E-state index in [1.165, 1.54) is 17.4 Å². The standard InChI is InChI=1S/C18H19FN6OS/c1-25-18(22-15(24-25)11-6-8-20-9-7-11)23-16(26)14-10-27-17(21-14)12-4-2-3-5-13(12)19/h2-5,10-11,20H,6-9H2,1H3,(H,22,23,24,26). The quantitative estimate of drug-likeness (QED) is 0.720. The van der Waals surface area contributed by atoms with Gasteiger partial charge < -0.3 is 5.32 Å². The number of amides is 1. The number of carbonyl (C=O) groups is 1. The number of hydrogen-bond acceptors (Lipinski definition) is 6. The average Bonchev–Trinajstić information content (AvgIpc) is 3.30. The van der Waals surface area contributed by atoms with Crippen LogP contribution in [0.25, 0.3) is 10.6 Å². The summed E-state index contributed by atoms with van der Waals surface area (Å²) < 4.78 is 15.5. The van der Waals surface area contributed by atoms with Gasteiger partial charge in [-0.05, 0) is 38.1 Å². The first-order chi connectivity index (χ1) is 13.1. The molecule has 4 rings (SSSR count). The first kappa shape index (κ1) is 17.7. The van der Waals surface area contributed by atoms with Gasteiger partial charge in [-0.1, -0.05) is 12.1 Å². The number of anilines is 1. The summed E-state index contributed by atoms with van der Waals surface area (Å²) in [5.74, 6) is 0.684. The van der Waals surface area contributed by atoms with Crippen molar-refractivity contribution in [3.63, 3.8) is 0 Å². The largest absolute Gasteiger partial charge is 0.317 e. The van der Waals surface area contributed by atoms with Gasteiger partial charge in [-0.3, -0.25) is 10.1 Å². The number of nitrogens with zero attached hydrogens (tertiary/aromatic N) is 4. The first-order valence-electron chi connectivity index (χ1n) is 8.75. The van der Waals surface area contributed by atoms with Crippen molar-refractivity contribution in [2.75, 3.05) is 18.4 Å². The molecule has 1 fully saturated rings. The van der Waals surface area contributed by atoms with E-state index in [0.29, 0.717) is 22.4 Å². The number of carbonyl (C=O) groups excluding carboxylic acids is 1. The highest BCUT2D eigenvalue weighted by atomic mass is 32.1. The highest BCUT2D eigenvalue weighted by Gasteiger charge is 2.22. The molecule has 0 radical (unpaired) electrons. The second-order valence-electron chi connectivity index (χ2n) is 6.41. The van der Waals surface area contributed by atoms with Crippen LogP contribution in [0.15, 0.2) is 29.6 Å². The third kappa shape index (κ3) is 3.74. The summed E-state index contributed by atoms with van der Waals surface area (Å²) in [6.07, 6.45) is 1.96. The molecule has 1 saturated heterocycles. The van der Waals surface area contributed by atoms with Crippen LogP contribution in [0, 0.1) is 5.82 Å². The predicted molar refractivity (Wildman–Crippen MR) is 101 cm³/mol. The fraction of sp³-hybridized carbons (Fsp3) is 0.333. The predicted octanol–water partition coefficient (Wildman–Crippen LogP) is 2.80. The van der Waals surface area contributed by atoms with Crippen molar-refractivity contribution >= 4 is 23.2 Å². The Morgan fingerprint density at radius 1 is 1.30 bits per heavy atom. The molecule has 27 heavy (non-hydrogen) atoms. The molecule has 1 aliphatic rings. The van der Waals surface area contributed by atoms with Crippen molar-refractivity contribution in [2.24, 2.45) is 7.05 Å². The van der Waals surface area contributed by atoms with Crippen LogP contribution in [0.4, 0.5) is 10.3 Å². The van der Waals surface area contributed by atoms with Crippen molar-refractivity contribution in [3.8, 4) is 10.6 Å². The highest BCUT2D eigenvalue weighted by molar-refractivity contribution is 7.13. The van der Waals surface area contributed by atoms with Crippen LogP contribution < -0.4 is 10.6 Å². The number of aryl methyl sites for hydroxylation is 1. The second kappa shape index (κ2) is 7.53. The molecule has 0 bridgehead atoms. The minimum atomic E-state index is -0.388. The molecule has 0 spiro atoms. The van der Waals surface area contributed by atoms with E-state index < -0.39 is 0 Å². The number of benzene rings is 1. The third-order valence-electron chi connectivity index (χ3n) is 4.55. The summed E-state index contributed by atoms with van der Waals surface area (Å²) in [4.78, 5) is 21.3.